The maximum atomic E-state index is 12.5. The van der Waals surface area contributed by atoms with Crippen LogP contribution in [0.3, 0.4) is 0 Å². The lowest BCUT2D eigenvalue weighted by molar-refractivity contribution is 0.0691. The number of halogens is 2. The molecule has 4 nitrogen and oxygen atoms in total. The van der Waals surface area contributed by atoms with Gasteiger partial charge in [0.1, 0.15) is 5.69 Å². The fourth-order valence-electron chi connectivity index (χ4n) is 3.06. The number of nitrogens with zero attached hydrogens (tertiary/aromatic N) is 2. The molecule has 0 bridgehead atoms. The predicted molar refractivity (Wildman–Crippen MR) is 107 cm³/mol. The van der Waals surface area contributed by atoms with Crippen LogP contribution >= 0.6 is 23.2 Å². The first-order chi connectivity index (χ1) is 12.5. The highest BCUT2D eigenvalue weighted by molar-refractivity contribution is 6.35. The smallest absolute Gasteiger partial charge is 0.272 e. The van der Waals surface area contributed by atoms with E-state index in [1.807, 2.05) is 23.1 Å². The lowest BCUT2D eigenvalue weighted by Crippen LogP contribution is -2.38. The van der Waals surface area contributed by atoms with Gasteiger partial charge in [0.25, 0.3) is 5.91 Å². The molecule has 1 saturated heterocycles. The van der Waals surface area contributed by atoms with E-state index < -0.39 is 0 Å². The van der Waals surface area contributed by atoms with Gasteiger partial charge in [-0.15, -0.1) is 0 Å². The second-order valence-electron chi connectivity index (χ2n) is 6.82. The monoisotopic (exact) mass is 391 g/mol. The van der Waals surface area contributed by atoms with Gasteiger partial charge in [0, 0.05) is 29.7 Å². The van der Waals surface area contributed by atoms with E-state index in [1.54, 1.807) is 18.3 Å². The van der Waals surface area contributed by atoms with Crippen LogP contribution in [-0.2, 0) is 6.42 Å². The zero-order chi connectivity index (χ0) is 18.5. The maximum absolute atomic E-state index is 12.5. The largest absolute Gasteiger partial charge is 0.383 e. The van der Waals surface area contributed by atoms with Crippen molar-refractivity contribution in [1.82, 2.24) is 9.88 Å². The number of hydrogen-bond acceptors (Lipinski definition) is 3. The molecule has 1 aromatic carbocycles. The molecule has 0 atom stereocenters. The van der Waals surface area contributed by atoms with Crippen LogP contribution in [0.4, 0.5) is 5.69 Å². The zero-order valence-corrected chi connectivity index (χ0v) is 16.4. The van der Waals surface area contributed by atoms with E-state index in [1.165, 1.54) is 0 Å². The molecule has 1 fully saturated rings. The Bertz CT molecular complexity index is 756. The molecule has 2 aromatic rings. The van der Waals surface area contributed by atoms with Crippen molar-refractivity contribution in [3.8, 4) is 0 Å². The summed E-state index contributed by atoms with van der Waals surface area (Å²) in [6.45, 7) is 4.60. The van der Waals surface area contributed by atoms with Gasteiger partial charge >= 0.3 is 0 Å². The summed E-state index contributed by atoms with van der Waals surface area (Å²) < 4.78 is 0. The van der Waals surface area contributed by atoms with Crippen LogP contribution in [0.5, 0.6) is 0 Å². The summed E-state index contributed by atoms with van der Waals surface area (Å²) in [6, 6.07) is 9.22. The van der Waals surface area contributed by atoms with Crippen molar-refractivity contribution in [2.24, 2.45) is 5.92 Å². The average molecular weight is 392 g/mol. The van der Waals surface area contributed by atoms with Crippen LogP contribution in [0.1, 0.15) is 35.8 Å². The Morgan fingerprint density at radius 2 is 2.00 bits per heavy atom. The van der Waals surface area contributed by atoms with Gasteiger partial charge in [0.15, 0.2) is 0 Å². The number of hydrogen-bond donors (Lipinski definition) is 1. The first-order valence-electron chi connectivity index (χ1n) is 8.96. The number of likely N-dealkylation sites (tertiary alicyclic amines) is 1. The van der Waals surface area contributed by atoms with Gasteiger partial charge in [-0.2, -0.15) is 0 Å². The van der Waals surface area contributed by atoms with Gasteiger partial charge in [-0.25, -0.2) is 4.98 Å². The number of carbonyl (C=O) groups is 1. The minimum Gasteiger partial charge on any atom is -0.383 e. The molecule has 1 aliphatic rings. The molecule has 3 rings (SSSR count). The quantitative estimate of drug-likeness (QED) is 0.786. The van der Waals surface area contributed by atoms with Crippen molar-refractivity contribution in [3.63, 3.8) is 0 Å². The summed E-state index contributed by atoms with van der Waals surface area (Å²) in [5.74, 6) is 0.726. The van der Waals surface area contributed by atoms with Gasteiger partial charge in [0.05, 0.1) is 11.9 Å². The second-order valence-corrected chi connectivity index (χ2v) is 7.66. The molecule has 0 aliphatic carbocycles. The van der Waals surface area contributed by atoms with E-state index in [-0.39, 0.29) is 5.91 Å². The Morgan fingerprint density at radius 1 is 1.23 bits per heavy atom. The average Bonchev–Trinajstić information content (AvgIpc) is 2.64. The minimum absolute atomic E-state index is 0.0244. The molecule has 138 valence electrons. The standard InChI is InChI=1S/C20H23Cl2N3O/c1-14-7-10-25(11-8-14)20(26)19-5-4-17(13-24-19)23-9-6-15-2-3-16(21)12-18(15)22/h2-5,12-14,23H,6-11H2,1H3. The molecule has 1 amide bonds. The number of piperidine rings is 1. The van der Waals surface area contributed by atoms with Gasteiger partial charge in [-0.05, 0) is 55.0 Å². The van der Waals surface area contributed by atoms with Crippen molar-refractivity contribution >= 4 is 34.8 Å². The van der Waals surface area contributed by atoms with Gasteiger partial charge in [0.2, 0.25) is 0 Å². The molecule has 2 heterocycles. The summed E-state index contributed by atoms with van der Waals surface area (Å²) in [7, 11) is 0. The first-order valence-corrected chi connectivity index (χ1v) is 9.71. The zero-order valence-electron chi connectivity index (χ0n) is 14.8. The number of carbonyl (C=O) groups excluding carboxylic acids is 1. The predicted octanol–water partition coefficient (Wildman–Crippen LogP) is 4.92. The lowest BCUT2D eigenvalue weighted by atomic mass is 9.99. The molecule has 0 unspecified atom stereocenters. The topological polar surface area (TPSA) is 45.2 Å². The van der Waals surface area contributed by atoms with Crippen molar-refractivity contribution in [2.45, 2.75) is 26.2 Å². The molecule has 1 aromatic heterocycles. The summed E-state index contributed by atoms with van der Waals surface area (Å²) in [4.78, 5) is 18.7. The minimum atomic E-state index is 0.0244. The Labute approximate surface area is 164 Å². The van der Waals surface area contributed by atoms with E-state index in [4.69, 9.17) is 23.2 Å². The number of benzene rings is 1. The molecule has 6 heteroatoms. The van der Waals surface area contributed by atoms with Crippen LogP contribution in [0.15, 0.2) is 36.5 Å². The van der Waals surface area contributed by atoms with Crippen LogP contribution in [0.2, 0.25) is 10.0 Å². The molecular formula is C20H23Cl2N3O. The highest BCUT2D eigenvalue weighted by Crippen LogP contribution is 2.22. The van der Waals surface area contributed by atoms with Crippen LogP contribution in [0.25, 0.3) is 0 Å². The van der Waals surface area contributed by atoms with Crippen LogP contribution in [-0.4, -0.2) is 35.4 Å². The first kappa shape index (κ1) is 19.0. The van der Waals surface area contributed by atoms with E-state index >= 15 is 0 Å². The molecular weight excluding hydrogens is 369 g/mol. The number of pyridine rings is 1. The molecule has 1 N–H and O–H groups in total. The van der Waals surface area contributed by atoms with Gasteiger partial charge in [-0.3, -0.25) is 4.79 Å². The molecule has 0 radical (unpaired) electrons. The Hall–Kier alpha value is -1.78. The number of anilines is 1. The summed E-state index contributed by atoms with van der Waals surface area (Å²) >= 11 is 12.1. The molecule has 1 aliphatic heterocycles. The third-order valence-electron chi connectivity index (χ3n) is 4.79. The van der Waals surface area contributed by atoms with Crippen LogP contribution in [0, 0.1) is 5.92 Å². The number of nitrogens with one attached hydrogen (secondary N) is 1. The third kappa shape index (κ3) is 4.89. The SMILES string of the molecule is CC1CCN(C(=O)c2ccc(NCCc3ccc(Cl)cc3Cl)cn2)CC1. The molecule has 0 saturated carbocycles. The number of amides is 1. The van der Waals surface area contributed by atoms with Crippen molar-refractivity contribution in [3.05, 3.63) is 57.8 Å². The van der Waals surface area contributed by atoms with E-state index in [0.717, 1.165) is 50.1 Å². The van der Waals surface area contributed by atoms with Crippen molar-refractivity contribution in [2.75, 3.05) is 25.0 Å². The van der Waals surface area contributed by atoms with Gasteiger partial charge in [-0.1, -0.05) is 36.2 Å². The summed E-state index contributed by atoms with van der Waals surface area (Å²) in [6.07, 6.45) is 4.63. The van der Waals surface area contributed by atoms with E-state index in [2.05, 4.69) is 17.2 Å². The Kier molecular flexibility index (Phi) is 6.38. The summed E-state index contributed by atoms with van der Waals surface area (Å²) in [5, 5.41) is 4.62. The maximum Gasteiger partial charge on any atom is 0.272 e. The Balaban J connectivity index is 1.52. The normalized spacial score (nSPS) is 15.1. The highest BCUT2D eigenvalue weighted by atomic mass is 35.5. The van der Waals surface area contributed by atoms with Crippen LogP contribution < -0.4 is 5.32 Å². The van der Waals surface area contributed by atoms with E-state index in [9.17, 15) is 4.79 Å². The van der Waals surface area contributed by atoms with E-state index in [0.29, 0.717) is 21.7 Å². The van der Waals surface area contributed by atoms with Crippen molar-refractivity contribution in [1.29, 1.82) is 0 Å². The highest BCUT2D eigenvalue weighted by Gasteiger charge is 2.22. The fourth-order valence-corrected chi connectivity index (χ4v) is 3.57. The third-order valence-corrected chi connectivity index (χ3v) is 5.38. The number of rotatable bonds is 5. The number of aromatic nitrogens is 1. The Morgan fingerprint density at radius 3 is 2.65 bits per heavy atom. The summed E-state index contributed by atoms with van der Waals surface area (Å²) in [5.41, 5.74) is 2.44. The van der Waals surface area contributed by atoms with Crippen molar-refractivity contribution < 1.29 is 4.79 Å². The lowest BCUT2D eigenvalue weighted by Gasteiger charge is -2.30. The second kappa shape index (κ2) is 8.74. The molecule has 0 spiro atoms. The van der Waals surface area contributed by atoms with Gasteiger partial charge < -0.3 is 10.2 Å². The molecule has 26 heavy (non-hydrogen) atoms. The fraction of sp³-hybridized carbons (Fsp3) is 0.400.